The maximum Gasteiger partial charge on any atom is 0.183 e. The number of halogens is 1. The summed E-state index contributed by atoms with van der Waals surface area (Å²) in [7, 11) is 0. The summed E-state index contributed by atoms with van der Waals surface area (Å²) in [5, 5.41) is 11.3. The average Bonchev–Trinajstić information content (AvgIpc) is 2.62. The summed E-state index contributed by atoms with van der Waals surface area (Å²) in [6, 6.07) is 0. The van der Waals surface area contributed by atoms with Gasteiger partial charge >= 0.3 is 0 Å². The number of nitrogens with zero attached hydrogens (tertiary/aromatic N) is 2. The van der Waals surface area contributed by atoms with Crippen LogP contribution in [0.4, 0.5) is 0 Å². The normalized spacial score (nSPS) is 24.0. The van der Waals surface area contributed by atoms with Crippen molar-refractivity contribution in [1.29, 1.82) is 0 Å². The first kappa shape index (κ1) is 9.40. The zero-order valence-corrected chi connectivity index (χ0v) is 8.68. The minimum Gasteiger partial charge on any atom is -0.392 e. The molecular formula is C8H11ClN2OS. The Kier molecular flexibility index (Phi) is 2.83. The van der Waals surface area contributed by atoms with E-state index in [1.54, 1.807) is 0 Å². The highest BCUT2D eigenvalue weighted by molar-refractivity contribution is 7.13. The summed E-state index contributed by atoms with van der Waals surface area (Å²) in [5.41, 5.74) is 1.00. The molecule has 0 amide bonds. The molecule has 0 saturated carbocycles. The predicted molar refractivity (Wildman–Crippen MR) is 53.0 cm³/mol. The number of thiazole rings is 1. The smallest absolute Gasteiger partial charge is 0.183 e. The molecular weight excluding hydrogens is 208 g/mol. The van der Waals surface area contributed by atoms with E-state index in [-0.39, 0.29) is 6.10 Å². The van der Waals surface area contributed by atoms with Crippen molar-refractivity contribution in [3.05, 3.63) is 15.5 Å². The summed E-state index contributed by atoms with van der Waals surface area (Å²) in [5.74, 6) is 0. The van der Waals surface area contributed by atoms with Crippen molar-refractivity contribution in [2.75, 3.05) is 13.1 Å². The number of aliphatic hydroxyl groups excluding tert-OH is 1. The Hall–Kier alpha value is -0.160. The molecule has 0 unspecified atom stereocenters. The second kappa shape index (κ2) is 3.92. The Bertz CT molecular complexity index is 291. The zero-order valence-electron chi connectivity index (χ0n) is 7.11. The molecule has 0 aromatic carbocycles. The number of β-amino-alcohol motifs (C(OH)–C–C–N with tert-alkyl or cyclic N) is 1. The molecule has 1 aliphatic rings. The van der Waals surface area contributed by atoms with Crippen LogP contribution in [-0.2, 0) is 6.54 Å². The van der Waals surface area contributed by atoms with E-state index in [1.807, 2.05) is 5.38 Å². The second-order valence-electron chi connectivity index (χ2n) is 3.27. The molecule has 0 aliphatic carbocycles. The van der Waals surface area contributed by atoms with Gasteiger partial charge in [0.1, 0.15) is 0 Å². The summed E-state index contributed by atoms with van der Waals surface area (Å²) in [6.45, 7) is 2.52. The molecule has 0 radical (unpaired) electrons. The largest absolute Gasteiger partial charge is 0.392 e. The van der Waals surface area contributed by atoms with Crippen molar-refractivity contribution < 1.29 is 5.11 Å². The van der Waals surface area contributed by atoms with Gasteiger partial charge in [0.2, 0.25) is 0 Å². The van der Waals surface area contributed by atoms with Gasteiger partial charge in [0.15, 0.2) is 4.47 Å². The Morgan fingerprint density at radius 1 is 1.77 bits per heavy atom. The van der Waals surface area contributed by atoms with Crippen molar-refractivity contribution in [3.8, 4) is 0 Å². The first-order valence-electron chi connectivity index (χ1n) is 4.24. The number of aromatic nitrogens is 1. The molecule has 0 spiro atoms. The van der Waals surface area contributed by atoms with Gasteiger partial charge in [-0.3, -0.25) is 4.90 Å². The fourth-order valence-electron chi connectivity index (χ4n) is 1.54. The van der Waals surface area contributed by atoms with Crippen LogP contribution in [0, 0.1) is 0 Å². The molecule has 5 heteroatoms. The van der Waals surface area contributed by atoms with Crippen LogP contribution in [0.2, 0.25) is 4.47 Å². The zero-order chi connectivity index (χ0) is 9.26. The van der Waals surface area contributed by atoms with E-state index in [0.29, 0.717) is 4.47 Å². The SMILES string of the molecule is O[C@@H]1CCN(Cc2csc(Cl)n2)C1. The lowest BCUT2D eigenvalue weighted by atomic mass is 10.3. The van der Waals surface area contributed by atoms with Gasteiger partial charge in [-0.05, 0) is 6.42 Å². The first-order chi connectivity index (χ1) is 6.24. The molecule has 1 atom stereocenters. The van der Waals surface area contributed by atoms with Gasteiger partial charge in [0.25, 0.3) is 0 Å². The number of hydrogen-bond acceptors (Lipinski definition) is 4. The molecule has 72 valence electrons. The Balaban J connectivity index is 1.91. The van der Waals surface area contributed by atoms with Crippen LogP contribution in [0.5, 0.6) is 0 Å². The third kappa shape index (κ3) is 2.40. The summed E-state index contributed by atoms with van der Waals surface area (Å²) >= 11 is 7.17. The number of hydrogen-bond donors (Lipinski definition) is 1. The highest BCUT2D eigenvalue weighted by Crippen LogP contribution is 2.18. The Morgan fingerprint density at radius 2 is 2.62 bits per heavy atom. The Morgan fingerprint density at radius 3 is 3.15 bits per heavy atom. The molecule has 1 aromatic rings. The fourth-order valence-corrected chi connectivity index (χ4v) is 2.31. The maximum absolute atomic E-state index is 9.30. The third-order valence-corrected chi connectivity index (χ3v) is 3.18. The molecule has 2 rings (SSSR count). The Labute approximate surface area is 86.0 Å². The van der Waals surface area contributed by atoms with E-state index in [0.717, 1.165) is 31.7 Å². The van der Waals surface area contributed by atoms with Gasteiger partial charge in [0.05, 0.1) is 11.8 Å². The van der Waals surface area contributed by atoms with Crippen LogP contribution in [0.1, 0.15) is 12.1 Å². The van der Waals surface area contributed by atoms with E-state index in [1.165, 1.54) is 11.3 Å². The quantitative estimate of drug-likeness (QED) is 0.815. The standard InChI is InChI=1S/C8H11ClN2OS/c9-8-10-6(5-13-8)3-11-2-1-7(12)4-11/h5,7,12H,1-4H2/t7-/m1/s1. The molecule has 1 N–H and O–H groups in total. The highest BCUT2D eigenvalue weighted by atomic mass is 35.5. The van der Waals surface area contributed by atoms with Crippen molar-refractivity contribution in [2.45, 2.75) is 19.1 Å². The van der Waals surface area contributed by atoms with Crippen LogP contribution in [0.25, 0.3) is 0 Å². The number of likely N-dealkylation sites (tertiary alicyclic amines) is 1. The summed E-state index contributed by atoms with van der Waals surface area (Å²) in [6.07, 6.45) is 0.715. The minimum atomic E-state index is -0.158. The van der Waals surface area contributed by atoms with Crippen molar-refractivity contribution in [1.82, 2.24) is 9.88 Å². The third-order valence-electron chi connectivity index (χ3n) is 2.16. The van der Waals surface area contributed by atoms with Gasteiger partial charge in [0, 0.05) is 25.0 Å². The van der Waals surface area contributed by atoms with E-state index >= 15 is 0 Å². The highest BCUT2D eigenvalue weighted by Gasteiger charge is 2.20. The fraction of sp³-hybridized carbons (Fsp3) is 0.625. The lowest BCUT2D eigenvalue weighted by Gasteiger charge is -2.12. The lowest BCUT2D eigenvalue weighted by molar-refractivity contribution is 0.174. The number of aliphatic hydroxyl groups is 1. The predicted octanol–water partition coefficient (Wildman–Crippen LogP) is 1.36. The summed E-state index contributed by atoms with van der Waals surface area (Å²) < 4.78 is 0.592. The lowest BCUT2D eigenvalue weighted by Crippen LogP contribution is -2.21. The maximum atomic E-state index is 9.30. The van der Waals surface area contributed by atoms with Crippen molar-refractivity contribution in [2.24, 2.45) is 0 Å². The number of rotatable bonds is 2. The topological polar surface area (TPSA) is 36.4 Å². The second-order valence-corrected chi connectivity index (χ2v) is 4.71. The molecule has 13 heavy (non-hydrogen) atoms. The molecule has 1 aliphatic heterocycles. The van der Waals surface area contributed by atoms with Gasteiger partial charge in [-0.1, -0.05) is 11.6 Å². The van der Waals surface area contributed by atoms with E-state index in [9.17, 15) is 5.11 Å². The molecule has 3 nitrogen and oxygen atoms in total. The monoisotopic (exact) mass is 218 g/mol. The van der Waals surface area contributed by atoms with Crippen LogP contribution >= 0.6 is 22.9 Å². The van der Waals surface area contributed by atoms with E-state index in [2.05, 4.69) is 9.88 Å². The van der Waals surface area contributed by atoms with Crippen LogP contribution < -0.4 is 0 Å². The first-order valence-corrected chi connectivity index (χ1v) is 5.50. The molecule has 1 aromatic heterocycles. The van der Waals surface area contributed by atoms with Gasteiger partial charge in [-0.25, -0.2) is 4.98 Å². The van der Waals surface area contributed by atoms with Gasteiger partial charge in [-0.15, -0.1) is 11.3 Å². The molecule has 1 fully saturated rings. The van der Waals surface area contributed by atoms with Crippen LogP contribution in [0.3, 0.4) is 0 Å². The van der Waals surface area contributed by atoms with E-state index < -0.39 is 0 Å². The minimum absolute atomic E-state index is 0.158. The van der Waals surface area contributed by atoms with Crippen LogP contribution in [-0.4, -0.2) is 34.2 Å². The molecule has 0 bridgehead atoms. The van der Waals surface area contributed by atoms with Crippen molar-refractivity contribution in [3.63, 3.8) is 0 Å². The van der Waals surface area contributed by atoms with Crippen molar-refractivity contribution >= 4 is 22.9 Å². The van der Waals surface area contributed by atoms with Crippen LogP contribution in [0.15, 0.2) is 5.38 Å². The molecule has 1 saturated heterocycles. The molecule has 2 heterocycles. The summed E-state index contributed by atoms with van der Waals surface area (Å²) in [4.78, 5) is 6.35. The van der Waals surface area contributed by atoms with Gasteiger partial charge in [-0.2, -0.15) is 0 Å². The van der Waals surface area contributed by atoms with E-state index in [4.69, 9.17) is 11.6 Å². The van der Waals surface area contributed by atoms with Gasteiger partial charge < -0.3 is 5.11 Å². The average molecular weight is 219 g/mol.